The fourth-order valence-electron chi connectivity index (χ4n) is 6.99. The van der Waals surface area contributed by atoms with Gasteiger partial charge in [-0.05, 0) is 106 Å². The van der Waals surface area contributed by atoms with Crippen molar-refractivity contribution in [1.82, 2.24) is 20.5 Å². The van der Waals surface area contributed by atoms with Crippen molar-refractivity contribution in [1.29, 1.82) is 5.41 Å². The zero-order valence-electron chi connectivity index (χ0n) is 27.0. The van der Waals surface area contributed by atoms with Crippen molar-refractivity contribution in [3.8, 4) is 11.3 Å². The van der Waals surface area contributed by atoms with Gasteiger partial charge in [0.05, 0.1) is 10.7 Å². The van der Waals surface area contributed by atoms with Crippen molar-refractivity contribution in [3.05, 3.63) is 75.1 Å². The van der Waals surface area contributed by atoms with Gasteiger partial charge < -0.3 is 42.0 Å². The number of aliphatic hydroxyl groups is 1. The van der Waals surface area contributed by atoms with Crippen LogP contribution in [0.4, 0.5) is 10.1 Å². The Kier molecular flexibility index (Phi) is 10.5. The molecule has 252 valence electrons. The maximum atomic E-state index is 15.2. The number of nitrogens with one attached hydrogen (secondary N) is 4. The third-order valence-corrected chi connectivity index (χ3v) is 9.81. The van der Waals surface area contributed by atoms with Gasteiger partial charge in [-0.1, -0.05) is 30.2 Å². The average molecular weight is 664 g/mol. The van der Waals surface area contributed by atoms with Crippen LogP contribution in [0.2, 0.25) is 5.02 Å². The summed E-state index contributed by atoms with van der Waals surface area (Å²) in [5, 5.41) is 26.6. The molecule has 47 heavy (non-hydrogen) atoms. The fraction of sp³-hybridized carbons (Fsp3) is 0.486. The van der Waals surface area contributed by atoms with Crippen molar-refractivity contribution in [2.45, 2.75) is 88.8 Å². The van der Waals surface area contributed by atoms with Crippen molar-refractivity contribution < 1.29 is 9.50 Å². The van der Waals surface area contributed by atoms with Gasteiger partial charge in [0.2, 0.25) is 6.35 Å². The first kappa shape index (κ1) is 33.4. The SMILES string of the molecule is C[C@H](N)CCCc1cc(Cl)c(F)c(-c2cc3c([nH]2)=NC(O)N(c2ccc([C@@H]4CCC[C@@H](C[C@@H](CN5CCC5)NC(=N)N)N4)cc2)C=3)c1. The number of aryl methyl sites for hydroxylation is 1. The van der Waals surface area contributed by atoms with Gasteiger partial charge in [0.15, 0.2) is 11.8 Å². The van der Waals surface area contributed by atoms with E-state index in [0.29, 0.717) is 22.8 Å². The highest BCUT2D eigenvalue weighted by Gasteiger charge is 2.28. The fourth-order valence-corrected chi connectivity index (χ4v) is 7.23. The predicted molar refractivity (Wildman–Crippen MR) is 186 cm³/mol. The molecule has 2 fully saturated rings. The first-order valence-electron chi connectivity index (χ1n) is 16.8. The van der Waals surface area contributed by atoms with Crippen LogP contribution in [0.1, 0.15) is 69.0 Å². The minimum Gasteiger partial charge on any atom is -0.370 e. The van der Waals surface area contributed by atoms with Crippen LogP contribution >= 0.6 is 11.6 Å². The molecule has 0 bridgehead atoms. The number of nitrogens with two attached hydrogens (primary N) is 2. The van der Waals surface area contributed by atoms with E-state index < -0.39 is 12.2 Å². The summed E-state index contributed by atoms with van der Waals surface area (Å²) in [6.45, 7) is 5.11. The summed E-state index contributed by atoms with van der Waals surface area (Å²) in [4.78, 5) is 11.8. The Labute approximate surface area is 280 Å². The third kappa shape index (κ3) is 8.16. The lowest BCUT2D eigenvalue weighted by Crippen LogP contribution is -2.52. The van der Waals surface area contributed by atoms with E-state index in [0.717, 1.165) is 81.0 Å². The molecule has 9 N–H and O–H groups in total. The van der Waals surface area contributed by atoms with E-state index in [9.17, 15) is 5.11 Å². The topological polar surface area (TPSA) is 155 Å². The number of fused-ring (bicyclic) bond motifs is 1. The Bertz CT molecular complexity index is 1670. The summed E-state index contributed by atoms with van der Waals surface area (Å²) < 4.78 is 15.2. The van der Waals surface area contributed by atoms with E-state index in [1.807, 2.05) is 37.4 Å². The molecule has 6 rings (SSSR count). The van der Waals surface area contributed by atoms with Gasteiger partial charge in [0.1, 0.15) is 5.49 Å². The van der Waals surface area contributed by atoms with Gasteiger partial charge in [-0.25, -0.2) is 9.38 Å². The molecule has 3 aliphatic heterocycles. The van der Waals surface area contributed by atoms with Gasteiger partial charge in [0, 0.05) is 53.4 Å². The summed E-state index contributed by atoms with van der Waals surface area (Å²) in [5.41, 5.74) is 16.0. The number of H-pyrrole nitrogens is 1. The Balaban J connectivity index is 1.15. The van der Waals surface area contributed by atoms with Crippen LogP contribution in [-0.2, 0) is 6.42 Å². The molecule has 1 aromatic heterocycles. The second kappa shape index (κ2) is 14.7. The predicted octanol–water partition coefficient (Wildman–Crippen LogP) is 3.43. The molecule has 2 aromatic carbocycles. The molecule has 0 amide bonds. The molecule has 0 spiro atoms. The molecular formula is C35H47ClFN9O. The molecular weight excluding hydrogens is 617 g/mol. The van der Waals surface area contributed by atoms with Crippen LogP contribution in [0.3, 0.4) is 0 Å². The van der Waals surface area contributed by atoms with Gasteiger partial charge in [0.25, 0.3) is 0 Å². The van der Waals surface area contributed by atoms with Crippen LogP contribution < -0.4 is 37.7 Å². The molecule has 3 aromatic rings. The summed E-state index contributed by atoms with van der Waals surface area (Å²) in [7, 11) is 0. The normalized spacial score (nSPS) is 22.4. The van der Waals surface area contributed by atoms with Gasteiger partial charge in [-0.15, -0.1) is 0 Å². The number of benzene rings is 2. The molecule has 4 heterocycles. The minimum absolute atomic E-state index is 0.0272. The first-order chi connectivity index (χ1) is 22.6. The van der Waals surface area contributed by atoms with E-state index in [2.05, 4.69) is 37.6 Å². The van der Waals surface area contributed by atoms with Crippen LogP contribution in [0.15, 0.2) is 47.5 Å². The van der Waals surface area contributed by atoms with Gasteiger partial charge in [-0.3, -0.25) is 5.41 Å². The monoisotopic (exact) mass is 663 g/mol. The molecule has 12 heteroatoms. The lowest BCUT2D eigenvalue weighted by molar-refractivity contribution is 0.156. The summed E-state index contributed by atoms with van der Waals surface area (Å²) >= 11 is 6.29. The number of guanidine groups is 1. The molecule has 2 saturated heterocycles. The smallest absolute Gasteiger partial charge is 0.231 e. The van der Waals surface area contributed by atoms with E-state index in [4.69, 9.17) is 28.5 Å². The number of hydrogen-bond donors (Lipinski definition) is 7. The van der Waals surface area contributed by atoms with E-state index >= 15 is 4.39 Å². The summed E-state index contributed by atoms with van der Waals surface area (Å²) in [6, 6.07) is 14.4. The Morgan fingerprint density at radius 3 is 2.68 bits per heavy atom. The third-order valence-electron chi connectivity index (χ3n) is 9.53. The largest absolute Gasteiger partial charge is 0.370 e. The van der Waals surface area contributed by atoms with Crippen molar-refractivity contribution in [2.75, 3.05) is 24.5 Å². The lowest BCUT2D eigenvalue weighted by Gasteiger charge is -2.38. The van der Waals surface area contributed by atoms with E-state index in [-0.39, 0.29) is 29.1 Å². The summed E-state index contributed by atoms with van der Waals surface area (Å²) in [5.74, 6) is -0.464. The number of nitrogens with zero attached hydrogens (tertiary/aromatic N) is 3. The Morgan fingerprint density at radius 1 is 1.19 bits per heavy atom. The zero-order valence-corrected chi connectivity index (χ0v) is 27.7. The molecule has 10 nitrogen and oxygen atoms in total. The summed E-state index contributed by atoms with van der Waals surface area (Å²) in [6.07, 6.45) is 8.63. The van der Waals surface area contributed by atoms with Crippen LogP contribution in [0, 0.1) is 11.2 Å². The van der Waals surface area contributed by atoms with E-state index in [1.165, 1.54) is 12.0 Å². The Hall–Kier alpha value is -3.48. The maximum Gasteiger partial charge on any atom is 0.231 e. The van der Waals surface area contributed by atoms with Crippen molar-refractivity contribution in [2.24, 2.45) is 16.5 Å². The number of aliphatic hydroxyl groups excluding tert-OH is 1. The quantitative estimate of drug-likeness (QED) is 0.116. The zero-order chi connectivity index (χ0) is 33.1. The average Bonchev–Trinajstić information content (AvgIpc) is 3.42. The number of hydrogen-bond acceptors (Lipinski definition) is 7. The standard InChI is InChI=1S/C35H47ClFN9O/c1-21(38)5-2-6-22-15-28(32(37)29(36)16-22)31-17-24-19-46(35(47)44-33(24)43-31)27-11-9-23(10-12-27)30-8-3-7-25(41-30)18-26(42-34(39)40)20-45-13-4-14-45/h9-12,15-17,19,21,25-26,30,35,41,47H,2-8,13-14,18,20,38H2,1H3,(H,43,44)(H4,39,40,42)/t21-,25-,26-,30-,35?/m0/s1. The minimum atomic E-state index is -1.13. The molecule has 1 unspecified atom stereocenters. The molecule has 3 aliphatic rings. The molecule has 5 atom stereocenters. The maximum absolute atomic E-state index is 15.2. The number of likely N-dealkylation sites (tertiary alicyclic amines) is 1. The van der Waals surface area contributed by atoms with Crippen LogP contribution in [-0.4, -0.2) is 65.1 Å². The van der Waals surface area contributed by atoms with Crippen LogP contribution in [0.5, 0.6) is 0 Å². The first-order valence-corrected chi connectivity index (χ1v) is 17.2. The van der Waals surface area contributed by atoms with Crippen LogP contribution in [0.25, 0.3) is 17.5 Å². The number of aromatic nitrogens is 1. The molecule has 0 aliphatic carbocycles. The van der Waals surface area contributed by atoms with Crippen molar-refractivity contribution >= 4 is 29.4 Å². The number of aromatic amines is 1. The highest BCUT2D eigenvalue weighted by Crippen LogP contribution is 2.31. The highest BCUT2D eigenvalue weighted by molar-refractivity contribution is 6.31. The van der Waals surface area contributed by atoms with Gasteiger partial charge >= 0.3 is 0 Å². The molecule has 0 radical (unpaired) electrons. The Morgan fingerprint density at radius 2 is 1.98 bits per heavy atom. The highest BCUT2D eigenvalue weighted by atomic mass is 35.5. The molecule has 0 saturated carbocycles. The number of anilines is 1. The lowest BCUT2D eigenvalue weighted by atomic mass is 9.90. The van der Waals surface area contributed by atoms with Crippen molar-refractivity contribution in [3.63, 3.8) is 0 Å². The number of rotatable bonds is 12. The number of halogens is 2. The second-order valence-electron chi connectivity index (χ2n) is 13.4. The second-order valence-corrected chi connectivity index (χ2v) is 13.8. The number of piperidine rings is 1. The van der Waals surface area contributed by atoms with Gasteiger partial charge in [-0.2, -0.15) is 0 Å². The van der Waals surface area contributed by atoms with E-state index in [1.54, 1.807) is 11.0 Å².